The van der Waals surface area contributed by atoms with E-state index in [1.165, 1.54) is 12.2 Å². The SMILES string of the molecule is CC(N=C=O)OCCOC(C)N=C=O. The first kappa shape index (κ1) is 12.7. The number of aliphatic imine (C=N–C) groups is 2. The Morgan fingerprint density at radius 3 is 1.64 bits per heavy atom. The van der Waals surface area contributed by atoms with Crippen LogP contribution in [-0.4, -0.2) is 37.8 Å². The topological polar surface area (TPSA) is 77.3 Å². The lowest BCUT2D eigenvalue weighted by molar-refractivity contribution is -0.00637. The molecular weight excluding hydrogens is 188 g/mol. The molecule has 0 bridgehead atoms. The molecule has 0 spiro atoms. The van der Waals surface area contributed by atoms with Gasteiger partial charge in [-0.3, -0.25) is 0 Å². The number of rotatable bonds is 7. The average molecular weight is 200 g/mol. The lowest BCUT2D eigenvalue weighted by atomic mass is 10.6. The Morgan fingerprint density at radius 2 is 1.36 bits per heavy atom. The average Bonchev–Trinajstić information content (AvgIpc) is 2.13. The van der Waals surface area contributed by atoms with Crippen molar-refractivity contribution in [3.05, 3.63) is 0 Å². The van der Waals surface area contributed by atoms with E-state index in [2.05, 4.69) is 9.98 Å². The Hall–Kier alpha value is -1.32. The van der Waals surface area contributed by atoms with E-state index in [4.69, 9.17) is 9.47 Å². The van der Waals surface area contributed by atoms with Crippen molar-refractivity contribution in [3.63, 3.8) is 0 Å². The van der Waals surface area contributed by atoms with E-state index in [0.717, 1.165) is 0 Å². The molecule has 2 atom stereocenters. The molecule has 0 aromatic rings. The van der Waals surface area contributed by atoms with Gasteiger partial charge in [0.05, 0.1) is 13.2 Å². The first-order valence-electron chi connectivity index (χ1n) is 4.08. The number of carbonyl (C=O) groups excluding carboxylic acids is 2. The van der Waals surface area contributed by atoms with Crippen LogP contribution in [0.1, 0.15) is 13.8 Å². The standard InChI is InChI=1S/C8H12N2O4/c1-7(9-5-11)13-3-4-14-8(2)10-6-12/h7-8H,3-4H2,1-2H3. The van der Waals surface area contributed by atoms with Gasteiger partial charge in [0.15, 0.2) is 12.5 Å². The van der Waals surface area contributed by atoms with Crippen LogP contribution in [0.4, 0.5) is 0 Å². The number of isocyanates is 2. The molecule has 2 unspecified atom stereocenters. The highest BCUT2D eigenvalue weighted by Gasteiger charge is 2.00. The van der Waals surface area contributed by atoms with Gasteiger partial charge in [0.2, 0.25) is 12.2 Å². The van der Waals surface area contributed by atoms with Crippen LogP contribution in [-0.2, 0) is 19.1 Å². The van der Waals surface area contributed by atoms with Gasteiger partial charge >= 0.3 is 0 Å². The van der Waals surface area contributed by atoms with E-state index in [-0.39, 0.29) is 13.2 Å². The summed E-state index contributed by atoms with van der Waals surface area (Å²) < 4.78 is 10.0. The first-order chi connectivity index (χ1) is 6.70. The van der Waals surface area contributed by atoms with Crippen molar-refractivity contribution < 1.29 is 19.1 Å². The lowest BCUT2D eigenvalue weighted by Crippen LogP contribution is -2.14. The number of hydrogen-bond acceptors (Lipinski definition) is 6. The van der Waals surface area contributed by atoms with Crippen molar-refractivity contribution in [2.45, 2.75) is 26.3 Å². The Bertz CT molecular complexity index is 218. The lowest BCUT2D eigenvalue weighted by Gasteiger charge is -2.08. The monoisotopic (exact) mass is 200 g/mol. The summed E-state index contributed by atoms with van der Waals surface area (Å²) in [5.74, 6) is 0. The van der Waals surface area contributed by atoms with Crippen LogP contribution in [0.3, 0.4) is 0 Å². The number of nitrogens with zero attached hydrogens (tertiary/aromatic N) is 2. The van der Waals surface area contributed by atoms with Gasteiger partial charge in [-0.15, -0.1) is 0 Å². The minimum Gasteiger partial charge on any atom is -0.354 e. The fraction of sp³-hybridized carbons (Fsp3) is 0.750. The third-order valence-corrected chi connectivity index (χ3v) is 1.27. The van der Waals surface area contributed by atoms with E-state index < -0.39 is 12.5 Å². The first-order valence-corrected chi connectivity index (χ1v) is 4.08. The van der Waals surface area contributed by atoms with Gasteiger partial charge < -0.3 is 9.47 Å². The number of hydrogen-bond donors (Lipinski definition) is 0. The molecule has 78 valence electrons. The van der Waals surface area contributed by atoms with Crippen LogP contribution in [0.5, 0.6) is 0 Å². The Labute approximate surface area is 81.6 Å². The highest BCUT2D eigenvalue weighted by molar-refractivity contribution is 5.33. The summed E-state index contributed by atoms with van der Waals surface area (Å²) in [4.78, 5) is 26.2. The fourth-order valence-corrected chi connectivity index (χ4v) is 0.660. The molecule has 0 amide bonds. The fourth-order valence-electron chi connectivity index (χ4n) is 0.660. The van der Waals surface area contributed by atoms with Crippen molar-refractivity contribution in [3.8, 4) is 0 Å². The third-order valence-electron chi connectivity index (χ3n) is 1.27. The van der Waals surface area contributed by atoms with Crippen molar-refractivity contribution in [1.29, 1.82) is 0 Å². The summed E-state index contributed by atoms with van der Waals surface area (Å²) in [6, 6.07) is 0. The van der Waals surface area contributed by atoms with E-state index >= 15 is 0 Å². The van der Waals surface area contributed by atoms with Gasteiger partial charge in [0.1, 0.15) is 0 Å². The Balaban J connectivity index is 3.46. The van der Waals surface area contributed by atoms with Crippen LogP contribution < -0.4 is 0 Å². The molecule has 0 aliphatic carbocycles. The van der Waals surface area contributed by atoms with Gasteiger partial charge in [0, 0.05) is 0 Å². The van der Waals surface area contributed by atoms with Crippen LogP contribution >= 0.6 is 0 Å². The van der Waals surface area contributed by atoms with E-state index in [1.54, 1.807) is 13.8 Å². The summed E-state index contributed by atoms with van der Waals surface area (Å²) >= 11 is 0. The molecule has 0 aliphatic heterocycles. The predicted molar refractivity (Wildman–Crippen MR) is 47.1 cm³/mol. The molecule has 0 fully saturated rings. The summed E-state index contributed by atoms with van der Waals surface area (Å²) in [7, 11) is 0. The van der Waals surface area contributed by atoms with Crippen LogP contribution in [0.15, 0.2) is 9.98 Å². The summed E-state index contributed by atoms with van der Waals surface area (Å²) in [6.07, 6.45) is 1.70. The minimum absolute atomic E-state index is 0.269. The molecule has 0 radical (unpaired) electrons. The third kappa shape index (κ3) is 7.34. The molecule has 0 rings (SSSR count). The molecule has 0 aromatic carbocycles. The molecule has 0 saturated carbocycles. The van der Waals surface area contributed by atoms with Gasteiger partial charge in [-0.1, -0.05) is 0 Å². The van der Waals surface area contributed by atoms with Crippen LogP contribution in [0.2, 0.25) is 0 Å². The molecule has 6 heteroatoms. The second kappa shape index (κ2) is 8.29. The molecule has 0 aromatic heterocycles. The molecule has 0 N–H and O–H groups in total. The molecule has 0 aliphatic rings. The van der Waals surface area contributed by atoms with E-state index in [9.17, 15) is 9.59 Å². The maximum Gasteiger partial charge on any atom is 0.237 e. The van der Waals surface area contributed by atoms with Gasteiger partial charge in [-0.2, -0.15) is 9.98 Å². The second-order valence-corrected chi connectivity index (χ2v) is 2.38. The van der Waals surface area contributed by atoms with Crippen molar-refractivity contribution in [2.75, 3.05) is 13.2 Å². The van der Waals surface area contributed by atoms with E-state index in [0.29, 0.717) is 0 Å². The predicted octanol–water partition coefficient (Wildman–Crippen LogP) is 0.383. The molecule has 0 heterocycles. The van der Waals surface area contributed by atoms with Crippen molar-refractivity contribution >= 4 is 12.2 Å². The van der Waals surface area contributed by atoms with Gasteiger partial charge in [-0.25, -0.2) is 9.59 Å². The van der Waals surface area contributed by atoms with Crippen molar-refractivity contribution in [2.24, 2.45) is 9.98 Å². The highest BCUT2D eigenvalue weighted by Crippen LogP contribution is 1.94. The molecule has 14 heavy (non-hydrogen) atoms. The zero-order valence-electron chi connectivity index (χ0n) is 8.10. The maximum absolute atomic E-state index is 9.78. The summed E-state index contributed by atoms with van der Waals surface area (Å²) in [5.41, 5.74) is 0. The zero-order valence-corrected chi connectivity index (χ0v) is 8.10. The smallest absolute Gasteiger partial charge is 0.237 e. The summed E-state index contributed by atoms with van der Waals surface area (Å²) in [5, 5.41) is 0. The zero-order chi connectivity index (χ0) is 10.8. The van der Waals surface area contributed by atoms with Crippen molar-refractivity contribution in [1.82, 2.24) is 0 Å². The molecule has 0 saturated heterocycles. The minimum atomic E-state index is -0.527. The van der Waals surface area contributed by atoms with Crippen LogP contribution in [0.25, 0.3) is 0 Å². The van der Waals surface area contributed by atoms with Gasteiger partial charge in [0.25, 0.3) is 0 Å². The summed E-state index contributed by atoms with van der Waals surface area (Å²) in [6.45, 7) is 3.76. The van der Waals surface area contributed by atoms with Crippen LogP contribution in [0, 0.1) is 0 Å². The highest BCUT2D eigenvalue weighted by atomic mass is 16.5. The largest absolute Gasteiger partial charge is 0.354 e. The number of ether oxygens (including phenoxy) is 2. The molecule has 6 nitrogen and oxygen atoms in total. The molecular formula is C8H12N2O4. The van der Waals surface area contributed by atoms with E-state index in [1.807, 2.05) is 0 Å². The Kier molecular flexibility index (Phi) is 7.50. The Morgan fingerprint density at radius 1 is 1.00 bits per heavy atom. The maximum atomic E-state index is 9.78. The normalized spacial score (nSPS) is 13.6. The van der Waals surface area contributed by atoms with Gasteiger partial charge in [-0.05, 0) is 13.8 Å². The quantitative estimate of drug-likeness (QED) is 0.338. The second-order valence-electron chi connectivity index (χ2n) is 2.38.